The van der Waals surface area contributed by atoms with Gasteiger partial charge in [0.1, 0.15) is 5.69 Å². The smallest absolute Gasteiger partial charge is 0.358 e. The number of pyridine rings is 1. The highest BCUT2D eigenvalue weighted by Crippen LogP contribution is 2.34. The third-order valence-electron chi connectivity index (χ3n) is 4.15. The van der Waals surface area contributed by atoms with Gasteiger partial charge in [-0.2, -0.15) is 0 Å². The fourth-order valence-electron chi connectivity index (χ4n) is 2.88. The molecule has 0 N–H and O–H groups in total. The number of rotatable bonds is 5. The predicted molar refractivity (Wildman–Crippen MR) is 108 cm³/mol. The Kier molecular flexibility index (Phi) is 4.97. The van der Waals surface area contributed by atoms with Crippen LogP contribution in [0.1, 0.15) is 10.5 Å². The van der Waals surface area contributed by atoms with Crippen LogP contribution in [-0.2, 0) is 4.74 Å². The number of esters is 1. The number of ether oxygens (including phenoxy) is 1. The number of benzene rings is 1. The van der Waals surface area contributed by atoms with E-state index in [1.54, 1.807) is 47.4 Å². The first kappa shape index (κ1) is 18.4. The number of amides is 2. The van der Waals surface area contributed by atoms with E-state index in [1.807, 2.05) is 0 Å². The molecule has 2 aromatic heterocycles. The van der Waals surface area contributed by atoms with Crippen LogP contribution >= 0.6 is 22.9 Å². The van der Waals surface area contributed by atoms with Gasteiger partial charge in [0.05, 0.1) is 16.8 Å². The number of halogens is 1. The van der Waals surface area contributed by atoms with Gasteiger partial charge in [-0.05, 0) is 30.3 Å². The highest BCUT2D eigenvalue weighted by molar-refractivity contribution is 7.22. The van der Waals surface area contributed by atoms with Crippen molar-refractivity contribution < 1.29 is 14.3 Å². The SMILES string of the molecule is C=CCN1CC(OC(=O)c2ccccn2)N(c2nc3ccc(Cl)cc3s2)C1=O. The van der Waals surface area contributed by atoms with Gasteiger partial charge in [-0.1, -0.05) is 35.1 Å². The zero-order valence-corrected chi connectivity index (χ0v) is 16.2. The molecule has 1 saturated heterocycles. The maximum Gasteiger partial charge on any atom is 0.358 e. The number of fused-ring (bicyclic) bond motifs is 1. The Balaban J connectivity index is 1.66. The van der Waals surface area contributed by atoms with E-state index in [0.717, 1.165) is 4.70 Å². The molecule has 1 unspecified atom stereocenters. The molecule has 1 fully saturated rings. The van der Waals surface area contributed by atoms with Gasteiger partial charge in [-0.3, -0.25) is 0 Å². The summed E-state index contributed by atoms with van der Waals surface area (Å²) in [5, 5.41) is 1.02. The topological polar surface area (TPSA) is 75.6 Å². The summed E-state index contributed by atoms with van der Waals surface area (Å²) >= 11 is 7.36. The minimum Gasteiger partial charge on any atom is -0.434 e. The fraction of sp³-hybridized carbons (Fsp3) is 0.158. The highest BCUT2D eigenvalue weighted by atomic mass is 35.5. The van der Waals surface area contributed by atoms with Gasteiger partial charge in [0.15, 0.2) is 5.13 Å². The molecule has 0 saturated carbocycles. The molecule has 4 rings (SSSR count). The zero-order chi connectivity index (χ0) is 19.7. The summed E-state index contributed by atoms with van der Waals surface area (Å²) in [6.45, 7) is 4.22. The van der Waals surface area contributed by atoms with Gasteiger partial charge in [0.25, 0.3) is 0 Å². The molecule has 1 aliphatic heterocycles. The fourth-order valence-corrected chi connectivity index (χ4v) is 4.16. The second kappa shape index (κ2) is 7.57. The van der Waals surface area contributed by atoms with Crippen molar-refractivity contribution in [2.24, 2.45) is 0 Å². The Morgan fingerprint density at radius 3 is 3.00 bits per heavy atom. The molecule has 7 nitrogen and oxygen atoms in total. The van der Waals surface area contributed by atoms with E-state index in [1.165, 1.54) is 22.4 Å². The molecule has 0 bridgehead atoms. The van der Waals surface area contributed by atoms with Crippen LogP contribution in [0.2, 0.25) is 5.02 Å². The summed E-state index contributed by atoms with van der Waals surface area (Å²) in [6.07, 6.45) is 2.31. The molecule has 142 valence electrons. The molecule has 1 aliphatic rings. The number of carbonyl (C=O) groups excluding carboxylic acids is 2. The lowest BCUT2D eigenvalue weighted by atomic mass is 10.3. The zero-order valence-electron chi connectivity index (χ0n) is 14.6. The van der Waals surface area contributed by atoms with Gasteiger partial charge in [-0.25, -0.2) is 24.5 Å². The summed E-state index contributed by atoms with van der Waals surface area (Å²) in [4.78, 5) is 36.8. The van der Waals surface area contributed by atoms with E-state index >= 15 is 0 Å². The number of thiazole rings is 1. The van der Waals surface area contributed by atoms with E-state index in [2.05, 4.69) is 16.5 Å². The quantitative estimate of drug-likeness (QED) is 0.466. The number of urea groups is 1. The Labute approximate surface area is 169 Å². The van der Waals surface area contributed by atoms with Crippen LogP contribution in [0.5, 0.6) is 0 Å². The van der Waals surface area contributed by atoms with Gasteiger partial charge >= 0.3 is 12.0 Å². The molecule has 28 heavy (non-hydrogen) atoms. The number of anilines is 1. The van der Waals surface area contributed by atoms with E-state index in [0.29, 0.717) is 22.2 Å². The van der Waals surface area contributed by atoms with Crippen LogP contribution in [0.15, 0.2) is 55.3 Å². The van der Waals surface area contributed by atoms with Crippen molar-refractivity contribution >= 4 is 50.3 Å². The summed E-state index contributed by atoms with van der Waals surface area (Å²) in [7, 11) is 0. The van der Waals surface area contributed by atoms with Crippen molar-refractivity contribution in [2.45, 2.75) is 6.23 Å². The Morgan fingerprint density at radius 1 is 1.39 bits per heavy atom. The summed E-state index contributed by atoms with van der Waals surface area (Å²) < 4.78 is 6.44. The van der Waals surface area contributed by atoms with Crippen LogP contribution < -0.4 is 4.90 Å². The van der Waals surface area contributed by atoms with Crippen molar-refractivity contribution in [3.63, 3.8) is 0 Å². The summed E-state index contributed by atoms with van der Waals surface area (Å²) in [5.41, 5.74) is 0.891. The first-order valence-electron chi connectivity index (χ1n) is 8.44. The van der Waals surface area contributed by atoms with Crippen LogP contribution in [0.25, 0.3) is 10.2 Å². The number of nitrogens with zero attached hydrogens (tertiary/aromatic N) is 4. The lowest BCUT2D eigenvalue weighted by molar-refractivity contribution is 0.0321. The minimum absolute atomic E-state index is 0.174. The second-order valence-electron chi connectivity index (χ2n) is 6.03. The van der Waals surface area contributed by atoms with Crippen LogP contribution in [0.3, 0.4) is 0 Å². The van der Waals surface area contributed by atoms with Crippen molar-refractivity contribution in [3.8, 4) is 0 Å². The molecule has 2 amide bonds. The normalized spacial score (nSPS) is 16.6. The lowest BCUT2D eigenvalue weighted by Crippen LogP contribution is -2.37. The minimum atomic E-state index is -0.821. The van der Waals surface area contributed by atoms with Crippen molar-refractivity contribution in [3.05, 3.63) is 66.0 Å². The van der Waals surface area contributed by atoms with Crippen molar-refractivity contribution in [1.82, 2.24) is 14.9 Å². The molecule has 3 heterocycles. The first-order chi connectivity index (χ1) is 13.6. The van der Waals surface area contributed by atoms with Crippen molar-refractivity contribution in [2.75, 3.05) is 18.0 Å². The molecule has 1 aromatic carbocycles. The van der Waals surface area contributed by atoms with Crippen LogP contribution in [0.4, 0.5) is 9.93 Å². The standard InChI is InChI=1S/C19H15ClN4O3S/c1-2-9-23-11-16(27-17(25)14-5-3-4-8-21-14)24(19(23)26)18-22-13-7-6-12(20)10-15(13)28-18/h2-8,10,16H,1,9,11H2. The number of hydrogen-bond acceptors (Lipinski definition) is 6. The molecule has 0 spiro atoms. The average Bonchev–Trinajstić information content (AvgIpc) is 3.23. The average molecular weight is 415 g/mol. The first-order valence-corrected chi connectivity index (χ1v) is 9.63. The third kappa shape index (κ3) is 3.44. The number of aromatic nitrogens is 2. The lowest BCUT2D eigenvalue weighted by Gasteiger charge is -2.20. The van der Waals surface area contributed by atoms with Crippen molar-refractivity contribution in [1.29, 1.82) is 0 Å². The maximum atomic E-state index is 12.9. The Bertz CT molecular complexity index is 1060. The molecule has 3 aromatic rings. The van der Waals surface area contributed by atoms with Gasteiger partial charge < -0.3 is 9.64 Å². The monoisotopic (exact) mass is 414 g/mol. The molecule has 0 aliphatic carbocycles. The van der Waals surface area contributed by atoms with Gasteiger partial charge in [-0.15, -0.1) is 6.58 Å². The molecule has 1 atom stereocenters. The number of carbonyl (C=O) groups is 2. The largest absolute Gasteiger partial charge is 0.434 e. The molecular weight excluding hydrogens is 400 g/mol. The Morgan fingerprint density at radius 2 is 2.25 bits per heavy atom. The molecule has 0 radical (unpaired) electrons. The van der Waals surface area contributed by atoms with Crippen LogP contribution in [0, 0.1) is 0 Å². The molecular formula is C19H15ClN4O3S. The summed E-state index contributed by atoms with van der Waals surface area (Å²) in [6, 6.07) is 9.97. The van der Waals surface area contributed by atoms with E-state index in [-0.39, 0.29) is 18.3 Å². The third-order valence-corrected chi connectivity index (χ3v) is 5.41. The van der Waals surface area contributed by atoms with E-state index in [4.69, 9.17) is 16.3 Å². The van der Waals surface area contributed by atoms with Gasteiger partial charge in [0, 0.05) is 17.8 Å². The molecule has 9 heteroatoms. The van der Waals surface area contributed by atoms with Gasteiger partial charge in [0.2, 0.25) is 6.23 Å². The number of hydrogen-bond donors (Lipinski definition) is 0. The summed E-state index contributed by atoms with van der Waals surface area (Å²) in [5.74, 6) is -0.604. The predicted octanol–water partition coefficient (Wildman–Crippen LogP) is 3.96. The maximum absolute atomic E-state index is 12.9. The Hall–Kier alpha value is -2.97. The van der Waals surface area contributed by atoms with Crippen LogP contribution in [-0.4, -0.2) is 46.2 Å². The highest BCUT2D eigenvalue weighted by Gasteiger charge is 2.42. The van der Waals surface area contributed by atoms with E-state index in [9.17, 15) is 9.59 Å². The second-order valence-corrected chi connectivity index (χ2v) is 7.48. The van der Waals surface area contributed by atoms with E-state index < -0.39 is 12.2 Å².